The van der Waals surface area contributed by atoms with Crippen LogP contribution in [0.25, 0.3) is 38.6 Å². The number of benzene rings is 6. The molecule has 0 spiro atoms. The van der Waals surface area contributed by atoms with Crippen LogP contribution in [0.4, 0.5) is 0 Å². The first-order chi connectivity index (χ1) is 20.5. The Morgan fingerprint density at radius 2 is 1.10 bits per heavy atom. The van der Waals surface area contributed by atoms with E-state index in [2.05, 4.69) is 103 Å². The molecule has 0 N–H and O–H groups in total. The molecule has 0 radical (unpaired) electrons. The Bertz CT molecular complexity index is 2130. The van der Waals surface area contributed by atoms with Gasteiger partial charge in [-0.2, -0.15) is 0 Å². The van der Waals surface area contributed by atoms with Crippen molar-refractivity contribution in [3.8, 4) is 16.8 Å². The van der Waals surface area contributed by atoms with Crippen LogP contribution in [0, 0.1) is 0 Å². The van der Waals surface area contributed by atoms with Gasteiger partial charge in [-0.3, -0.25) is 0 Å². The smallest absolute Gasteiger partial charge is 0.171 e. The normalized spacial score (nSPS) is 13.8. The molecule has 1 aromatic heterocycles. The molecule has 0 saturated carbocycles. The zero-order chi connectivity index (χ0) is 28.5. The third-order valence-corrected chi connectivity index (χ3v) is 12.2. The Morgan fingerprint density at radius 3 is 1.79 bits per heavy atom. The van der Waals surface area contributed by atoms with Crippen molar-refractivity contribution in [3.63, 3.8) is 0 Å². The molecule has 202 valence electrons. The van der Waals surface area contributed by atoms with Gasteiger partial charge in [0, 0.05) is 32.1 Å². The Labute approximate surface area is 246 Å². The van der Waals surface area contributed by atoms with E-state index < -0.39 is 7.14 Å². The van der Waals surface area contributed by atoms with Crippen molar-refractivity contribution < 1.29 is 4.57 Å². The van der Waals surface area contributed by atoms with Crippen LogP contribution in [0.1, 0.15) is 25.0 Å². The molecular formula is C39H30NOP. The molecule has 1 aliphatic rings. The highest BCUT2D eigenvalue weighted by Gasteiger charge is 2.35. The third kappa shape index (κ3) is 3.49. The van der Waals surface area contributed by atoms with Crippen LogP contribution in [0.5, 0.6) is 0 Å². The van der Waals surface area contributed by atoms with E-state index in [4.69, 9.17) is 0 Å². The fraction of sp³-hybridized carbons (Fsp3) is 0.0769. The molecule has 8 rings (SSSR count). The maximum absolute atomic E-state index is 14.8. The lowest BCUT2D eigenvalue weighted by Crippen LogP contribution is -2.26. The van der Waals surface area contributed by atoms with Crippen LogP contribution in [-0.4, -0.2) is 4.57 Å². The van der Waals surface area contributed by atoms with Gasteiger partial charge in [0.15, 0.2) is 7.14 Å². The monoisotopic (exact) mass is 559 g/mol. The van der Waals surface area contributed by atoms with Crippen LogP contribution in [0.2, 0.25) is 0 Å². The lowest BCUT2D eigenvalue weighted by atomic mass is 9.74. The van der Waals surface area contributed by atoms with E-state index in [-0.39, 0.29) is 5.41 Å². The first-order valence-corrected chi connectivity index (χ1v) is 16.2. The molecule has 2 heterocycles. The zero-order valence-electron chi connectivity index (χ0n) is 23.7. The second-order valence-electron chi connectivity index (χ2n) is 11.7. The second-order valence-corrected chi connectivity index (χ2v) is 14.5. The number of fused-ring (bicyclic) bond motifs is 5. The molecule has 6 aromatic carbocycles. The number of nitrogens with zero attached hydrogens (tertiary/aromatic N) is 1. The van der Waals surface area contributed by atoms with E-state index >= 15 is 0 Å². The van der Waals surface area contributed by atoms with Gasteiger partial charge in [-0.1, -0.05) is 141 Å². The van der Waals surface area contributed by atoms with Crippen molar-refractivity contribution in [2.75, 3.05) is 0 Å². The van der Waals surface area contributed by atoms with Gasteiger partial charge in [-0.05, 0) is 40.5 Å². The predicted octanol–water partition coefficient (Wildman–Crippen LogP) is 8.73. The fourth-order valence-electron chi connectivity index (χ4n) is 6.92. The average Bonchev–Trinajstić information content (AvgIpc) is 3.39. The summed E-state index contributed by atoms with van der Waals surface area (Å²) >= 11 is 0. The topological polar surface area (TPSA) is 22.0 Å². The van der Waals surface area contributed by atoms with Crippen LogP contribution in [-0.2, 0) is 9.98 Å². The van der Waals surface area contributed by atoms with Crippen molar-refractivity contribution in [2.45, 2.75) is 19.3 Å². The minimum Gasteiger partial charge on any atom is -0.309 e. The van der Waals surface area contributed by atoms with Crippen molar-refractivity contribution in [1.29, 1.82) is 0 Å². The van der Waals surface area contributed by atoms with Gasteiger partial charge in [0.1, 0.15) is 0 Å². The molecule has 3 heteroatoms. The SMILES string of the molecule is CC1(C)c2cc(-c3ccc(P(=O)(c4ccccc4)c4ccccc4)cc3)ccc2-n2c3ccccc3c3cccc1c32. The van der Waals surface area contributed by atoms with Gasteiger partial charge in [0.05, 0.1) is 16.7 Å². The van der Waals surface area contributed by atoms with Gasteiger partial charge in [0.2, 0.25) is 0 Å². The molecule has 2 nitrogen and oxygen atoms in total. The quantitative estimate of drug-likeness (QED) is 0.198. The third-order valence-electron chi connectivity index (χ3n) is 9.08. The minimum absolute atomic E-state index is 0.161. The Hall–Kier alpha value is -4.65. The summed E-state index contributed by atoms with van der Waals surface area (Å²) < 4.78 is 17.3. The van der Waals surface area contributed by atoms with Crippen LogP contribution in [0.3, 0.4) is 0 Å². The summed E-state index contributed by atoms with van der Waals surface area (Å²) in [6.07, 6.45) is 0. The van der Waals surface area contributed by atoms with Crippen LogP contribution < -0.4 is 15.9 Å². The predicted molar refractivity (Wildman–Crippen MR) is 178 cm³/mol. The molecule has 0 unspecified atom stereocenters. The number of aromatic nitrogens is 1. The van der Waals surface area contributed by atoms with Crippen molar-refractivity contribution in [3.05, 3.63) is 157 Å². The van der Waals surface area contributed by atoms with E-state index in [9.17, 15) is 4.57 Å². The molecule has 0 atom stereocenters. The lowest BCUT2D eigenvalue weighted by Gasteiger charge is -2.35. The maximum Gasteiger partial charge on any atom is 0.171 e. The summed E-state index contributed by atoms with van der Waals surface area (Å²) in [6, 6.07) is 50.4. The van der Waals surface area contributed by atoms with E-state index in [1.54, 1.807) is 0 Å². The zero-order valence-corrected chi connectivity index (χ0v) is 24.6. The molecule has 0 bridgehead atoms. The van der Waals surface area contributed by atoms with Gasteiger partial charge in [-0.25, -0.2) is 0 Å². The second kappa shape index (κ2) is 9.18. The number of para-hydroxylation sites is 2. The van der Waals surface area contributed by atoms with Gasteiger partial charge >= 0.3 is 0 Å². The number of rotatable bonds is 4. The fourth-order valence-corrected chi connectivity index (χ4v) is 9.56. The number of hydrogen-bond acceptors (Lipinski definition) is 1. The molecule has 0 amide bonds. The van der Waals surface area contributed by atoms with Crippen LogP contribution in [0.15, 0.2) is 146 Å². The van der Waals surface area contributed by atoms with Crippen LogP contribution >= 0.6 is 7.14 Å². The van der Waals surface area contributed by atoms with E-state index in [1.165, 1.54) is 38.6 Å². The van der Waals surface area contributed by atoms with Gasteiger partial charge < -0.3 is 9.13 Å². The van der Waals surface area contributed by atoms with Crippen molar-refractivity contribution in [2.24, 2.45) is 0 Å². The summed E-state index contributed by atoms with van der Waals surface area (Å²) in [4.78, 5) is 0. The molecule has 0 fully saturated rings. The molecule has 1 aliphatic heterocycles. The van der Waals surface area contributed by atoms with E-state index in [0.717, 1.165) is 27.0 Å². The molecule has 42 heavy (non-hydrogen) atoms. The molecular weight excluding hydrogens is 529 g/mol. The average molecular weight is 560 g/mol. The van der Waals surface area contributed by atoms with Crippen molar-refractivity contribution in [1.82, 2.24) is 4.57 Å². The highest BCUT2D eigenvalue weighted by atomic mass is 31.2. The molecule has 7 aromatic rings. The highest BCUT2D eigenvalue weighted by molar-refractivity contribution is 7.85. The molecule has 0 saturated heterocycles. The maximum atomic E-state index is 14.8. The van der Waals surface area contributed by atoms with Crippen molar-refractivity contribution >= 4 is 44.9 Å². The Kier molecular flexibility index (Phi) is 5.48. The Morgan fingerprint density at radius 1 is 0.524 bits per heavy atom. The summed E-state index contributed by atoms with van der Waals surface area (Å²) in [7, 11) is -3.01. The summed E-state index contributed by atoms with van der Waals surface area (Å²) in [5.74, 6) is 0. The van der Waals surface area contributed by atoms with Gasteiger partial charge in [0.25, 0.3) is 0 Å². The first-order valence-electron chi connectivity index (χ1n) is 14.5. The van der Waals surface area contributed by atoms with E-state index in [1.807, 2.05) is 60.7 Å². The summed E-state index contributed by atoms with van der Waals surface area (Å²) in [6.45, 7) is 4.68. The highest BCUT2D eigenvalue weighted by Crippen LogP contribution is 2.48. The lowest BCUT2D eigenvalue weighted by molar-refractivity contribution is 0.592. The number of hydrogen-bond donors (Lipinski definition) is 0. The first kappa shape index (κ1) is 25.1. The van der Waals surface area contributed by atoms with E-state index in [0.29, 0.717) is 0 Å². The molecule has 0 aliphatic carbocycles. The summed E-state index contributed by atoms with van der Waals surface area (Å²) in [5.41, 5.74) is 8.57. The minimum atomic E-state index is -3.01. The van der Waals surface area contributed by atoms with Gasteiger partial charge in [-0.15, -0.1) is 0 Å². The summed E-state index contributed by atoms with van der Waals surface area (Å²) in [5, 5.41) is 5.14. The largest absolute Gasteiger partial charge is 0.309 e. The Balaban J connectivity index is 1.27. The standard InChI is InChI=1S/C39H30NOP/c1-39(2)34-18-11-17-33-32-16-9-10-19-36(32)40(38(33)34)37-25-22-28(26-35(37)39)27-20-23-31(24-21-27)42(41,29-12-5-3-6-13-29)30-14-7-4-8-15-30/h3-26H,1-2H3.